The van der Waals surface area contributed by atoms with Gasteiger partial charge in [-0.05, 0) is 49.9 Å². The molecule has 0 fully saturated rings. The molecule has 0 aliphatic rings. The molecule has 0 N–H and O–H groups in total. The molecule has 0 atom stereocenters. The van der Waals surface area contributed by atoms with Crippen LogP contribution in [-0.4, -0.2) is 45.3 Å². The monoisotopic (exact) mass is 445 g/mol. The van der Waals surface area contributed by atoms with Crippen molar-refractivity contribution < 1.29 is 9.59 Å². The maximum Gasteiger partial charge on any atom is 0.242 e. The van der Waals surface area contributed by atoms with Crippen LogP contribution < -0.4 is 0 Å². The fraction of sp³-hybridized carbons (Fsp3) is 0.520. The number of aromatic nitrogens is 1. The van der Waals surface area contributed by atoms with Crippen molar-refractivity contribution in [1.82, 2.24) is 14.4 Å². The molecule has 0 unspecified atom stereocenters. The van der Waals surface area contributed by atoms with Crippen molar-refractivity contribution in [3.05, 3.63) is 58.9 Å². The van der Waals surface area contributed by atoms with Gasteiger partial charge < -0.3 is 14.4 Å². The summed E-state index contributed by atoms with van der Waals surface area (Å²) in [5.74, 6) is 0.351. The van der Waals surface area contributed by atoms with Crippen molar-refractivity contribution >= 4 is 23.4 Å². The number of benzene rings is 1. The summed E-state index contributed by atoms with van der Waals surface area (Å²) < 4.78 is 2.13. The predicted molar refractivity (Wildman–Crippen MR) is 127 cm³/mol. The van der Waals surface area contributed by atoms with E-state index in [1.54, 1.807) is 4.90 Å². The van der Waals surface area contributed by atoms with Gasteiger partial charge in [-0.1, -0.05) is 50.6 Å². The van der Waals surface area contributed by atoms with E-state index in [0.29, 0.717) is 32.0 Å². The van der Waals surface area contributed by atoms with E-state index in [-0.39, 0.29) is 24.4 Å². The maximum atomic E-state index is 13.3. The molecule has 0 saturated heterocycles. The van der Waals surface area contributed by atoms with Crippen molar-refractivity contribution in [2.45, 2.75) is 66.6 Å². The number of rotatable bonds is 11. The molecule has 1 aromatic carbocycles. The van der Waals surface area contributed by atoms with Crippen molar-refractivity contribution in [2.24, 2.45) is 5.92 Å². The molecule has 0 aliphatic carbocycles. The van der Waals surface area contributed by atoms with Gasteiger partial charge in [0.2, 0.25) is 11.8 Å². The van der Waals surface area contributed by atoms with Gasteiger partial charge >= 0.3 is 0 Å². The molecule has 31 heavy (non-hydrogen) atoms. The Labute approximate surface area is 192 Å². The van der Waals surface area contributed by atoms with Gasteiger partial charge in [0.1, 0.15) is 0 Å². The highest BCUT2D eigenvalue weighted by Crippen LogP contribution is 2.19. The smallest absolute Gasteiger partial charge is 0.242 e. The number of amides is 2. The molecule has 0 bridgehead atoms. The van der Waals surface area contributed by atoms with Crippen LogP contribution in [0.15, 0.2) is 42.6 Å². The first kappa shape index (κ1) is 25.0. The van der Waals surface area contributed by atoms with Gasteiger partial charge in [0.15, 0.2) is 0 Å². The Balaban J connectivity index is 2.18. The second-order valence-corrected chi connectivity index (χ2v) is 9.16. The summed E-state index contributed by atoms with van der Waals surface area (Å²) in [7, 11) is 0. The predicted octanol–water partition coefficient (Wildman–Crippen LogP) is 5.21. The van der Waals surface area contributed by atoms with Crippen LogP contribution in [0, 0.1) is 5.92 Å². The standard InChI is InChI=1S/C25H36ClN3O2/c1-6-10-24(30)29(20(4)5)18-25(31)28(15-19(2)3)17-22-12-9-14-27(22)16-21-11-7-8-13-23(21)26/h7-9,11-14,19-20H,6,10,15-18H2,1-5H3. The molecule has 0 spiro atoms. The first-order valence-corrected chi connectivity index (χ1v) is 11.5. The highest BCUT2D eigenvalue weighted by molar-refractivity contribution is 6.31. The molecule has 6 heteroatoms. The highest BCUT2D eigenvalue weighted by atomic mass is 35.5. The molecule has 2 rings (SSSR count). The minimum Gasteiger partial charge on any atom is -0.345 e. The second-order valence-electron chi connectivity index (χ2n) is 8.75. The summed E-state index contributed by atoms with van der Waals surface area (Å²) in [4.78, 5) is 29.3. The Kier molecular flexibility index (Phi) is 9.63. The average Bonchev–Trinajstić information content (AvgIpc) is 3.13. The lowest BCUT2D eigenvalue weighted by atomic mass is 10.2. The number of hydrogen-bond donors (Lipinski definition) is 0. The van der Waals surface area contributed by atoms with E-state index in [2.05, 4.69) is 18.4 Å². The van der Waals surface area contributed by atoms with E-state index in [9.17, 15) is 9.59 Å². The first-order chi connectivity index (χ1) is 14.7. The Morgan fingerprint density at radius 1 is 1.03 bits per heavy atom. The molecule has 1 heterocycles. The van der Waals surface area contributed by atoms with Crippen LogP contribution >= 0.6 is 11.6 Å². The van der Waals surface area contributed by atoms with Gasteiger partial charge in [-0.25, -0.2) is 0 Å². The normalized spacial score (nSPS) is 11.2. The molecule has 0 saturated carbocycles. The van der Waals surface area contributed by atoms with Crippen molar-refractivity contribution in [3.63, 3.8) is 0 Å². The van der Waals surface area contributed by atoms with Crippen LogP contribution in [0.25, 0.3) is 0 Å². The quantitative estimate of drug-likeness (QED) is 0.476. The summed E-state index contributed by atoms with van der Waals surface area (Å²) in [6.45, 7) is 12.0. The van der Waals surface area contributed by atoms with Gasteiger partial charge in [-0.15, -0.1) is 0 Å². The molecular formula is C25H36ClN3O2. The molecule has 170 valence electrons. The lowest BCUT2D eigenvalue weighted by Crippen LogP contribution is -2.46. The minimum atomic E-state index is -0.0163. The summed E-state index contributed by atoms with van der Waals surface area (Å²) in [6.07, 6.45) is 3.26. The van der Waals surface area contributed by atoms with Crippen molar-refractivity contribution in [1.29, 1.82) is 0 Å². The zero-order valence-electron chi connectivity index (χ0n) is 19.5. The van der Waals surface area contributed by atoms with E-state index < -0.39 is 0 Å². The van der Waals surface area contributed by atoms with Crippen LogP contribution in [0.1, 0.15) is 58.7 Å². The maximum absolute atomic E-state index is 13.3. The Morgan fingerprint density at radius 2 is 1.74 bits per heavy atom. The molecule has 2 amide bonds. The summed E-state index contributed by atoms with van der Waals surface area (Å²) in [5, 5.41) is 0.735. The summed E-state index contributed by atoms with van der Waals surface area (Å²) in [5.41, 5.74) is 2.09. The zero-order chi connectivity index (χ0) is 23.0. The van der Waals surface area contributed by atoms with E-state index in [4.69, 9.17) is 11.6 Å². The third-order valence-electron chi connectivity index (χ3n) is 5.23. The van der Waals surface area contributed by atoms with Gasteiger partial charge in [0.05, 0.1) is 13.1 Å². The number of nitrogens with zero attached hydrogens (tertiary/aromatic N) is 3. The van der Waals surface area contributed by atoms with E-state index in [1.165, 1.54) is 0 Å². The van der Waals surface area contributed by atoms with Crippen LogP contribution in [0.2, 0.25) is 5.02 Å². The number of hydrogen-bond acceptors (Lipinski definition) is 2. The highest BCUT2D eigenvalue weighted by Gasteiger charge is 2.24. The van der Waals surface area contributed by atoms with Gasteiger partial charge in [0, 0.05) is 42.5 Å². The second kappa shape index (κ2) is 11.9. The molecule has 2 aromatic rings. The molecule has 5 nitrogen and oxygen atoms in total. The van der Waals surface area contributed by atoms with Gasteiger partial charge in [-0.2, -0.15) is 0 Å². The summed E-state index contributed by atoms with van der Waals surface area (Å²) in [6, 6.07) is 11.8. The van der Waals surface area contributed by atoms with Crippen molar-refractivity contribution in [3.8, 4) is 0 Å². The number of carbonyl (C=O) groups is 2. The average molecular weight is 446 g/mol. The SMILES string of the molecule is CCCC(=O)N(CC(=O)N(Cc1cccn1Cc1ccccc1Cl)CC(C)C)C(C)C. The molecule has 1 aromatic heterocycles. The topological polar surface area (TPSA) is 45.6 Å². The number of carbonyl (C=O) groups excluding carboxylic acids is 2. The van der Waals surface area contributed by atoms with E-state index in [1.807, 2.05) is 68.3 Å². The van der Waals surface area contributed by atoms with Gasteiger partial charge in [0.25, 0.3) is 0 Å². The Morgan fingerprint density at radius 3 is 2.35 bits per heavy atom. The van der Waals surface area contributed by atoms with Crippen LogP contribution in [0.5, 0.6) is 0 Å². The molecule has 0 aliphatic heterocycles. The molecule has 0 radical (unpaired) electrons. The third-order valence-corrected chi connectivity index (χ3v) is 5.60. The van der Waals surface area contributed by atoms with Crippen LogP contribution in [0.3, 0.4) is 0 Å². The van der Waals surface area contributed by atoms with Crippen molar-refractivity contribution in [2.75, 3.05) is 13.1 Å². The summed E-state index contributed by atoms with van der Waals surface area (Å²) >= 11 is 6.35. The van der Waals surface area contributed by atoms with Crippen LogP contribution in [0.4, 0.5) is 0 Å². The lowest BCUT2D eigenvalue weighted by molar-refractivity contribution is -0.142. The minimum absolute atomic E-state index is 0.00650. The Bertz CT molecular complexity index is 860. The van der Waals surface area contributed by atoms with E-state index >= 15 is 0 Å². The first-order valence-electron chi connectivity index (χ1n) is 11.2. The molecular weight excluding hydrogens is 410 g/mol. The third kappa shape index (κ3) is 7.42. The lowest BCUT2D eigenvalue weighted by Gasteiger charge is -2.31. The fourth-order valence-electron chi connectivity index (χ4n) is 3.61. The zero-order valence-corrected chi connectivity index (χ0v) is 20.2. The number of halogens is 1. The van der Waals surface area contributed by atoms with E-state index in [0.717, 1.165) is 22.7 Å². The Hall–Kier alpha value is -2.27. The van der Waals surface area contributed by atoms with Gasteiger partial charge in [-0.3, -0.25) is 9.59 Å². The largest absolute Gasteiger partial charge is 0.345 e. The fourth-order valence-corrected chi connectivity index (χ4v) is 3.81. The van der Waals surface area contributed by atoms with Crippen LogP contribution in [-0.2, 0) is 22.7 Å².